The third-order valence-corrected chi connectivity index (χ3v) is 9.60. The van der Waals surface area contributed by atoms with Crippen molar-refractivity contribution in [2.45, 2.75) is 84.8 Å². The van der Waals surface area contributed by atoms with Gasteiger partial charge in [0.05, 0.1) is 5.75 Å². The van der Waals surface area contributed by atoms with Gasteiger partial charge in [0, 0.05) is 30.4 Å². The molecule has 0 aliphatic heterocycles. The number of ketones is 1. The summed E-state index contributed by atoms with van der Waals surface area (Å²) in [5, 5.41) is 2.65. The van der Waals surface area contributed by atoms with Gasteiger partial charge < -0.3 is 21.5 Å². The predicted octanol–water partition coefficient (Wildman–Crippen LogP) is 1.77. The molecule has 0 aromatic heterocycles. The Balaban J connectivity index is 1.71. The van der Waals surface area contributed by atoms with Crippen LogP contribution >= 0.6 is 0 Å². The minimum Gasteiger partial charge on any atom is -0.459 e. The van der Waals surface area contributed by atoms with Gasteiger partial charge in [0.25, 0.3) is 0 Å². The fraction of sp³-hybridized carbons (Fsp3) is 0.607. The molecule has 0 saturated heterocycles. The second kappa shape index (κ2) is 11.9. The van der Waals surface area contributed by atoms with Crippen molar-refractivity contribution in [3.8, 4) is 0 Å². The molecule has 2 fully saturated rings. The number of carbonyl (C=O) groups is 4. The summed E-state index contributed by atoms with van der Waals surface area (Å²) in [5.41, 5.74) is 9.08. The van der Waals surface area contributed by atoms with E-state index < -0.39 is 50.3 Å². The number of ether oxygens (including phenoxy) is 1. The van der Waals surface area contributed by atoms with Gasteiger partial charge in [-0.3, -0.25) is 19.2 Å². The van der Waals surface area contributed by atoms with E-state index in [1.807, 2.05) is 13.8 Å². The summed E-state index contributed by atoms with van der Waals surface area (Å²) < 4.78 is 34.9. The summed E-state index contributed by atoms with van der Waals surface area (Å²) in [5.74, 6) is -2.39. The number of rotatable bonds is 11. The van der Waals surface area contributed by atoms with Crippen molar-refractivity contribution in [2.75, 3.05) is 11.1 Å². The van der Waals surface area contributed by atoms with Gasteiger partial charge in [0.2, 0.25) is 21.8 Å². The Morgan fingerprint density at radius 3 is 2.27 bits per heavy atom. The number of Topliss-reactive ketones (excluding diaryl/α,β-unsaturated/α-hetero) is 1. The van der Waals surface area contributed by atoms with E-state index in [-0.39, 0.29) is 42.7 Å². The molecule has 12 nitrogen and oxygen atoms in total. The largest absolute Gasteiger partial charge is 0.459 e. The first-order valence-electron chi connectivity index (χ1n) is 13.6. The summed E-state index contributed by atoms with van der Waals surface area (Å²) in [7, 11) is -4.06. The Morgan fingerprint density at radius 2 is 1.76 bits per heavy atom. The maximum Gasteiger partial charge on any atom is 0.325 e. The van der Waals surface area contributed by atoms with Crippen molar-refractivity contribution < 1.29 is 32.3 Å². The zero-order valence-electron chi connectivity index (χ0n) is 24.3. The first-order chi connectivity index (χ1) is 18.8. The van der Waals surface area contributed by atoms with Gasteiger partial charge in [-0.25, -0.2) is 13.1 Å². The number of guanidine groups is 1. The van der Waals surface area contributed by atoms with E-state index in [0.29, 0.717) is 24.1 Å². The lowest BCUT2D eigenvalue weighted by Crippen LogP contribution is -2.50. The minimum absolute atomic E-state index is 0.0116. The number of aliphatic imine (C=N–C) groups is 1. The summed E-state index contributed by atoms with van der Waals surface area (Å²) in [4.78, 5) is 53.1. The number of nitrogens with zero attached hydrogens (tertiary/aromatic N) is 1. The number of hydrogen-bond donors (Lipinski definition) is 4. The van der Waals surface area contributed by atoms with E-state index in [1.54, 1.807) is 45.0 Å². The summed E-state index contributed by atoms with van der Waals surface area (Å²) in [6.07, 6.45) is 1.40. The number of anilines is 1. The van der Waals surface area contributed by atoms with E-state index in [0.717, 1.165) is 6.42 Å². The molecule has 41 heavy (non-hydrogen) atoms. The van der Waals surface area contributed by atoms with Crippen LogP contribution in [0, 0.1) is 16.7 Å². The first-order valence-corrected chi connectivity index (χ1v) is 15.3. The maximum absolute atomic E-state index is 13.5. The highest BCUT2D eigenvalue weighted by Gasteiger charge is 2.65. The number of nitrogens with one attached hydrogen (secondary N) is 2. The lowest BCUT2D eigenvalue weighted by Gasteiger charge is -2.36. The molecule has 2 amide bonds. The second-order valence-corrected chi connectivity index (χ2v) is 14.3. The third-order valence-electron chi connectivity index (χ3n) is 8.09. The van der Waals surface area contributed by atoms with E-state index in [1.165, 1.54) is 0 Å². The van der Waals surface area contributed by atoms with Crippen LogP contribution in [-0.2, 0) is 40.4 Å². The van der Waals surface area contributed by atoms with Gasteiger partial charge in [-0.05, 0) is 69.1 Å². The molecule has 2 saturated carbocycles. The molecule has 13 heteroatoms. The highest BCUT2D eigenvalue weighted by molar-refractivity contribution is 7.89. The lowest BCUT2D eigenvalue weighted by molar-refractivity contribution is -0.156. The molecular formula is C28H41N5O7S. The van der Waals surface area contributed by atoms with Crippen LogP contribution in [0.1, 0.15) is 72.3 Å². The number of nitrogens with two attached hydrogens (primary N) is 2. The van der Waals surface area contributed by atoms with Crippen molar-refractivity contribution in [2.24, 2.45) is 33.2 Å². The number of fused-ring (bicyclic) bond motifs is 2. The Bertz CT molecular complexity index is 1330. The van der Waals surface area contributed by atoms with E-state index in [9.17, 15) is 27.6 Å². The predicted molar refractivity (Wildman–Crippen MR) is 154 cm³/mol. The van der Waals surface area contributed by atoms with Crippen LogP contribution in [0.2, 0.25) is 0 Å². The van der Waals surface area contributed by atoms with Gasteiger partial charge in [-0.1, -0.05) is 26.0 Å². The van der Waals surface area contributed by atoms with E-state index >= 15 is 0 Å². The van der Waals surface area contributed by atoms with E-state index in [4.69, 9.17) is 16.2 Å². The average Bonchev–Trinajstić information content (AvgIpc) is 3.16. The van der Waals surface area contributed by atoms with Gasteiger partial charge in [0.15, 0.2) is 5.96 Å². The fourth-order valence-electron chi connectivity index (χ4n) is 5.84. The quantitative estimate of drug-likeness (QED) is 0.168. The molecule has 226 valence electrons. The van der Waals surface area contributed by atoms with Crippen LogP contribution in [0.25, 0.3) is 0 Å². The summed E-state index contributed by atoms with van der Waals surface area (Å²) in [6, 6.07) is 5.27. The van der Waals surface area contributed by atoms with Gasteiger partial charge in [0.1, 0.15) is 17.4 Å². The van der Waals surface area contributed by atoms with Crippen LogP contribution in [0.4, 0.5) is 5.69 Å². The Hall–Kier alpha value is -3.32. The Morgan fingerprint density at radius 1 is 1.12 bits per heavy atom. The molecule has 1 unspecified atom stereocenters. The lowest BCUT2D eigenvalue weighted by atomic mass is 9.70. The standard InChI is InChI=1S/C28H41N5O7S/c1-26(2,3)40-24(37)20(33-41(38,39)16-28-13-12-18(15-21(28)34)27(28,4)5)14-17-6-8-19(9-7-17)31-22(35)10-11-23(36)32-25(29)30/h6-9,18,20,33H,10-16H2,1-5H3,(H,31,35)(H4,29,30,32,36)/t18?,20-,28+/m0/s1. The topological polar surface area (TPSA) is 200 Å². The Labute approximate surface area is 241 Å². The van der Waals surface area contributed by atoms with Crippen molar-refractivity contribution in [1.29, 1.82) is 0 Å². The molecule has 6 N–H and O–H groups in total. The Kier molecular flexibility index (Phi) is 9.33. The molecular weight excluding hydrogens is 550 g/mol. The van der Waals surface area contributed by atoms with Crippen molar-refractivity contribution in [3.05, 3.63) is 29.8 Å². The molecule has 2 aliphatic carbocycles. The zero-order valence-corrected chi connectivity index (χ0v) is 25.1. The molecule has 1 aromatic carbocycles. The van der Waals surface area contributed by atoms with Crippen LogP contribution in [-0.4, -0.2) is 55.3 Å². The molecule has 1 aromatic rings. The third kappa shape index (κ3) is 7.91. The highest BCUT2D eigenvalue weighted by Crippen LogP contribution is 2.64. The second-order valence-electron chi connectivity index (χ2n) is 12.5. The van der Waals surface area contributed by atoms with Crippen molar-refractivity contribution >= 4 is 45.2 Å². The van der Waals surface area contributed by atoms with Gasteiger partial charge in [-0.2, -0.15) is 4.99 Å². The minimum atomic E-state index is -4.06. The zero-order chi connectivity index (χ0) is 30.8. The number of amides is 2. The van der Waals surface area contributed by atoms with Gasteiger partial charge >= 0.3 is 5.97 Å². The smallest absolute Gasteiger partial charge is 0.325 e. The van der Waals surface area contributed by atoms with Crippen molar-refractivity contribution in [1.82, 2.24) is 4.72 Å². The molecule has 2 aliphatic rings. The molecule has 0 heterocycles. The van der Waals surface area contributed by atoms with E-state index in [2.05, 4.69) is 15.0 Å². The average molecular weight is 592 g/mol. The number of carbonyl (C=O) groups excluding carboxylic acids is 4. The first kappa shape index (κ1) is 32.2. The highest BCUT2D eigenvalue weighted by atomic mass is 32.2. The molecule has 0 radical (unpaired) electrons. The number of esters is 1. The van der Waals surface area contributed by atoms with Crippen LogP contribution in [0.15, 0.2) is 29.3 Å². The number of benzene rings is 1. The SMILES string of the molecule is CC(C)(C)OC(=O)[C@H](Cc1ccc(NC(=O)CCC(=O)N=C(N)N)cc1)NS(=O)(=O)C[C@]12CCC(CC1=O)C2(C)C. The number of hydrogen-bond acceptors (Lipinski definition) is 7. The van der Waals surface area contributed by atoms with Crippen LogP contribution in [0.5, 0.6) is 0 Å². The van der Waals surface area contributed by atoms with Crippen LogP contribution in [0.3, 0.4) is 0 Å². The normalized spacial score (nSPS) is 22.2. The number of sulfonamides is 1. The summed E-state index contributed by atoms with van der Waals surface area (Å²) in [6.45, 7) is 8.99. The molecule has 0 spiro atoms. The fourth-order valence-corrected chi connectivity index (χ4v) is 7.86. The van der Waals surface area contributed by atoms with Crippen LogP contribution < -0.4 is 21.5 Å². The summed E-state index contributed by atoms with van der Waals surface area (Å²) >= 11 is 0. The molecule has 2 bridgehead atoms. The van der Waals surface area contributed by atoms with Crippen molar-refractivity contribution in [3.63, 3.8) is 0 Å². The molecule has 3 atom stereocenters. The maximum atomic E-state index is 13.5. The monoisotopic (exact) mass is 591 g/mol. The molecule has 3 rings (SSSR count). The van der Waals surface area contributed by atoms with Gasteiger partial charge in [-0.15, -0.1) is 0 Å².